The zero-order valence-corrected chi connectivity index (χ0v) is 13.0. The van der Waals surface area contributed by atoms with E-state index in [0.29, 0.717) is 13.1 Å². The van der Waals surface area contributed by atoms with E-state index in [-0.39, 0.29) is 24.0 Å². The van der Waals surface area contributed by atoms with E-state index in [0.717, 1.165) is 19.4 Å². The van der Waals surface area contributed by atoms with Crippen molar-refractivity contribution in [3.05, 3.63) is 35.9 Å². The van der Waals surface area contributed by atoms with Crippen LogP contribution in [0.5, 0.6) is 0 Å². The first kappa shape index (κ1) is 16.0. The Hall–Kier alpha value is -1.39. The summed E-state index contributed by atoms with van der Waals surface area (Å²) in [5.74, 6) is 0.234. The second-order valence-corrected chi connectivity index (χ2v) is 6.09. The smallest absolute Gasteiger partial charge is 0.239 e. The number of benzene rings is 1. The molecule has 1 saturated heterocycles. The molecule has 1 atom stereocenters. The average molecular weight is 290 g/mol. The average Bonchev–Trinajstić information content (AvgIpc) is 2.44. The summed E-state index contributed by atoms with van der Waals surface area (Å²) >= 11 is 0. The van der Waals surface area contributed by atoms with Gasteiger partial charge in [0, 0.05) is 19.7 Å². The van der Waals surface area contributed by atoms with Gasteiger partial charge in [0.15, 0.2) is 0 Å². The molecule has 1 fully saturated rings. The van der Waals surface area contributed by atoms with Crippen molar-refractivity contribution in [1.29, 1.82) is 0 Å². The Morgan fingerprint density at radius 1 is 1.33 bits per heavy atom. The Kier molecular flexibility index (Phi) is 5.76. The number of aryl methyl sites for hydroxylation is 1. The number of amides is 1. The van der Waals surface area contributed by atoms with Crippen LogP contribution in [0.1, 0.15) is 25.8 Å². The van der Waals surface area contributed by atoms with Gasteiger partial charge < -0.3 is 15.4 Å². The minimum atomic E-state index is -0.385. The van der Waals surface area contributed by atoms with Crippen molar-refractivity contribution in [2.24, 2.45) is 11.7 Å². The van der Waals surface area contributed by atoms with Crippen molar-refractivity contribution >= 4 is 5.91 Å². The predicted octanol–water partition coefficient (Wildman–Crippen LogP) is 1.83. The van der Waals surface area contributed by atoms with Crippen LogP contribution in [-0.2, 0) is 16.0 Å². The van der Waals surface area contributed by atoms with E-state index in [1.165, 1.54) is 5.56 Å². The molecular weight excluding hydrogens is 264 g/mol. The number of rotatable bonds is 7. The van der Waals surface area contributed by atoms with Gasteiger partial charge in [-0.3, -0.25) is 4.79 Å². The van der Waals surface area contributed by atoms with Gasteiger partial charge in [-0.1, -0.05) is 44.2 Å². The van der Waals surface area contributed by atoms with Crippen molar-refractivity contribution in [2.75, 3.05) is 19.7 Å². The molecule has 0 aliphatic carbocycles. The molecule has 116 valence electrons. The number of nitrogens with zero attached hydrogens (tertiary/aromatic N) is 1. The van der Waals surface area contributed by atoms with Gasteiger partial charge in [0.05, 0.1) is 12.1 Å². The number of ether oxygens (including phenoxy) is 1. The van der Waals surface area contributed by atoms with E-state index in [2.05, 4.69) is 24.3 Å². The van der Waals surface area contributed by atoms with Gasteiger partial charge in [0.1, 0.15) is 0 Å². The van der Waals surface area contributed by atoms with Crippen molar-refractivity contribution < 1.29 is 9.53 Å². The summed E-state index contributed by atoms with van der Waals surface area (Å²) in [4.78, 5) is 13.8. The molecule has 0 radical (unpaired) electrons. The molecule has 1 aromatic rings. The van der Waals surface area contributed by atoms with Crippen molar-refractivity contribution in [3.63, 3.8) is 0 Å². The van der Waals surface area contributed by atoms with Crippen LogP contribution in [0.25, 0.3) is 0 Å². The fraction of sp³-hybridized carbons (Fsp3) is 0.588. The number of carbonyl (C=O) groups excluding carboxylic acids is 1. The second-order valence-electron chi connectivity index (χ2n) is 6.09. The van der Waals surface area contributed by atoms with E-state index in [1.807, 2.05) is 19.9 Å². The molecule has 0 spiro atoms. The molecule has 1 aliphatic rings. The quantitative estimate of drug-likeness (QED) is 0.780. The van der Waals surface area contributed by atoms with Gasteiger partial charge in [-0.05, 0) is 24.3 Å². The predicted molar refractivity (Wildman–Crippen MR) is 83.9 cm³/mol. The zero-order valence-electron chi connectivity index (χ0n) is 13.0. The van der Waals surface area contributed by atoms with Crippen LogP contribution in [0.4, 0.5) is 0 Å². The first-order valence-electron chi connectivity index (χ1n) is 7.78. The minimum Gasteiger partial charge on any atom is -0.375 e. The van der Waals surface area contributed by atoms with Crippen LogP contribution in [0.3, 0.4) is 0 Å². The monoisotopic (exact) mass is 290 g/mol. The second kappa shape index (κ2) is 7.57. The molecule has 0 unspecified atom stereocenters. The highest BCUT2D eigenvalue weighted by molar-refractivity contribution is 5.82. The molecule has 2 N–H and O–H groups in total. The van der Waals surface area contributed by atoms with Crippen LogP contribution in [0.2, 0.25) is 0 Å². The summed E-state index contributed by atoms with van der Waals surface area (Å²) in [6.45, 7) is 6.06. The normalized spacial score (nSPS) is 16.9. The lowest BCUT2D eigenvalue weighted by molar-refractivity contribution is -0.147. The van der Waals surface area contributed by atoms with Gasteiger partial charge in [-0.2, -0.15) is 0 Å². The van der Waals surface area contributed by atoms with Crippen molar-refractivity contribution in [2.45, 2.75) is 38.8 Å². The highest BCUT2D eigenvalue weighted by atomic mass is 16.5. The third-order valence-corrected chi connectivity index (χ3v) is 3.97. The minimum absolute atomic E-state index is 0.0501. The summed E-state index contributed by atoms with van der Waals surface area (Å²) < 4.78 is 5.79. The molecule has 1 heterocycles. The highest BCUT2D eigenvalue weighted by Gasteiger charge is 2.34. The number of nitrogens with two attached hydrogens (primary N) is 1. The number of carbonyl (C=O) groups is 1. The van der Waals surface area contributed by atoms with Crippen LogP contribution < -0.4 is 5.73 Å². The molecule has 1 aliphatic heterocycles. The van der Waals surface area contributed by atoms with Gasteiger partial charge in [-0.25, -0.2) is 0 Å². The van der Waals surface area contributed by atoms with Crippen molar-refractivity contribution in [3.8, 4) is 0 Å². The van der Waals surface area contributed by atoms with E-state index >= 15 is 0 Å². The molecule has 1 aromatic carbocycles. The first-order valence-corrected chi connectivity index (χ1v) is 7.78. The standard InChI is InChI=1S/C17H26N2O2/c1-13(2)16(18)17(20)19-11-15(12-19)21-10-6-9-14-7-4-3-5-8-14/h3-5,7-8,13,15-16H,6,9-12,18H2,1-2H3/t16-/m0/s1. The first-order chi connectivity index (χ1) is 10.1. The number of hydrogen-bond acceptors (Lipinski definition) is 3. The fourth-order valence-corrected chi connectivity index (χ4v) is 2.39. The molecule has 2 rings (SSSR count). The largest absolute Gasteiger partial charge is 0.375 e. The molecular formula is C17H26N2O2. The number of likely N-dealkylation sites (tertiary alicyclic amines) is 1. The summed E-state index contributed by atoms with van der Waals surface area (Å²) in [6, 6.07) is 10.0. The Bertz CT molecular complexity index is 441. The molecule has 0 bridgehead atoms. The SMILES string of the molecule is CC(C)[C@H](N)C(=O)N1CC(OCCCc2ccccc2)C1. The maximum atomic E-state index is 12.0. The van der Waals surface area contributed by atoms with Gasteiger partial charge in [-0.15, -0.1) is 0 Å². The topological polar surface area (TPSA) is 55.6 Å². The summed E-state index contributed by atoms with van der Waals surface area (Å²) in [7, 11) is 0. The maximum absolute atomic E-state index is 12.0. The van der Waals surface area contributed by atoms with Crippen LogP contribution >= 0.6 is 0 Å². The highest BCUT2D eigenvalue weighted by Crippen LogP contribution is 2.15. The summed E-state index contributed by atoms with van der Waals surface area (Å²) in [6.07, 6.45) is 2.23. The Labute approximate surface area is 127 Å². The molecule has 0 aromatic heterocycles. The lowest BCUT2D eigenvalue weighted by Crippen LogP contribution is -2.59. The van der Waals surface area contributed by atoms with E-state index in [1.54, 1.807) is 4.90 Å². The summed E-state index contributed by atoms with van der Waals surface area (Å²) in [5, 5.41) is 0. The van der Waals surface area contributed by atoms with E-state index < -0.39 is 0 Å². The third kappa shape index (κ3) is 4.55. The zero-order chi connectivity index (χ0) is 15.2. The van der Waals surface area contributed by atoms with Crippen LogP contribution in [0, 0.1) is 5.92 Å². The van der Waals surface area contributed by atoms with E-state index in [4.69, 9.17) is 10.5 Å². The lowest BCUT2D eigenvalue weighted by atomic mass is 10.0. The Morgan fingerprint density at radius 3 is 2.62 bits per heavy atom. The Balaban J connectivity index is 1.58. The maximum Gasteiger partial charge on any atom is 0.239 e. The van der Waals surface area contributed by atoms with E-state index in [9.17, 15) is 4.79 Å². The van der Waals surface area contributed by atoms with Gasteiger partial charge >= 0.3 is 0 Å². The summed E-state index contributed by atoms with van der Waals surface area (Å²) in [5.41, 5.74) is 7.21. The molecule has 1 amide bonds. The number of hydrogen-bond donors (Lipinski definition) is 1. The third-order valence-electron chi connectivity index (χ3n) is 3.97. The van der Waals surface area contributed by atoms with Crippen molar-refractivity contribution in [1.82, 2.24) is 4.90 Å². The molecule has 4 nitrogen and oxygen atoms in total. The van der Waals surface area contributed by atoms with Crippen LogP contribution in [-0.4, -0.2) is 42.6 Å². The fourth-order valence-electron chi connectivity index (χ4n) is 2.39. The molecule has 0 saturated carbocycles. The van der Waals surface area contributed by atoms with Gasteiger partial charge in [0.25, 0.3) is 0 Å². The molecule has 4 heteroatoms. The van der Waals surface area contributed by atoms with Crippen LogP contribution in [0.15, 0.2) is 30.3 Å². The lowest BCUT2D eigenvalue weighted by Gasteiger charge is -2.40. The Morgan fingerprint density at radius 2 is 2.00 bits per heavy atom. The van der Waals surface area contributed by atoms with Gasteiger partial charge in [0.2, 0.25) is 5.91 Å². The molecule has 21 heavy (non-hydrogen) atoms.